The molecule has 0 bridgehead atoms. The van der Waals surface area contributed by atoms with E-state index in [2.05, 4.69) is 146 Å². The number of aryl methyl sites for hydroxylation is 3. The predicted octanol–water partition coefficient (Wildman–Crippen LogP) is 4.30. The first-order valence-corrected chi connectivity index (χ1v) is 19.8. The van der Waals surface area contributed by atoms with Crippen molar-refractivity contribution < 1.29 is 46.1 Å². The third-order valence-electron chi connectivity index (χ3n) is 9.80. The van der Waals surface area contributed by atoms with E-state index >= 15 is 0 Å². The molecule has 6 rings (SSSR count). The van der Waals surface area contributed by atoms with Gasteiger partial charge in [0, 0.05) is 0 Å². The van der Waals surface area contributed by atoms with Gasteiger partial charge in [-0.05, 0) is 0 Å². The predicted molar refractivity (Wildman–Crippen MR) is 183 cm³/mol. The van der Waals surface area contributed by atoms with Crippen molar-refractivity contribution in [3.8, 4) is 11.1 Å². The first kappa shape index (κ1) is 35.5. The van der Waals surface area contributed by atoms with Crippen LogP contribution in [0.25, 0.3) is 11.1 Å². The SMILES string of the molecule is CCCC1C=C(C(C)(C)C)C=[C]1[Zr+2](=[C](c1ccccc1)c1ccccc1)[c]1c(C)c(C)cc2c1Cc1cc(C)c(C)cc1-2.[Cl-].[Cl-]. The smallest absolute Gasteiger partial charge is 1.00 e. The van der Waals surface area contributed by atoms with Crippen LogP contribution in [0.1, 0.15) is 85.0 Å². The molecule has 45 heavy (non-hydrogen) atoms. The van der Waals surface area contributed by atoms with Gasteiger partial charge in [-0.3, -0.25) is 0 Å². The van der Waals surface area contributed by atoms with Crippen LogP contribution in [0.2, 0.25) is 0 Å². The van der Waals surface area contributed by atoms with E-state index in [1.807, 2.05) is 0 Å². The fraction of sp³-hybridized carbons (Fsp3) is 0.310. The second-order valence-electron chi connectivity index (χ2n) is 13.8. The summed E-state index contributed by atoms with van der Waals surface area (Å²) in [6.07, 6.45) is 8.81. The molecule has 0 aromatic heterocycles. The van der Waals surface area contributed by atoms with Crippen LogP contribution in [0, 0.1) is 39.0 Å². The Bertz CT molecular complexity index is 1760. The van der Waals surface area contributed by atoms with Crippen LogP contribution >= 0.6 is 0 Å². The van der Waals surface area contributed by atoms with Gasteiger partial charge in [0.1, 0.15) is 0 Å². The fourth-order valence-electron chi connectivity index (χ4n) is 7.18. The molecule has 2 aliphatic carbocycles. The van der Waals surface area contributed by atoms with Crippen LogP contribution in [0.3, 0.4) is 0 Å². The van der Waals surface area contributed by atoms with Crippen molar-refractivity contribution in [1.82, 2.24) is 0 Å². The Kier molecular flexibility index (Phi) is 11.2. The summed E-state index contributed by atoms with van der Waals surface area (Å²) in [5.74, 6) is 0.514. The van der Waals surface area contributed by atoms with Gasteiger partial charge >= 0.3 is 269 Å². The normalized spacial score (nSPS) is 14.7. The Hall–Kier alpha value is -2.31. The van der Waals surface area contributed by atoms with Crippen molar-refractivity contribution in [2.45, 2.75) is 74.7 Å². The van der Waals surface area contributed by atoms with Crippen molar-refractivity contribution in [3.05, 3.63) is 144 Å². The van der Waals surface area contributed by atoms with Crippen molar-refractivity contribution in [2.24, 2.45) is 11.3 Å². The molecule has 0 aliphatic heterocycles. The zero-order valence-corrected chi connectivity index (χ0v) is 32.1. The Morgan fingerprint density at radius 2 is 1.31 bits per heavy atom. The van der Waals surface area contributed by atoms with E-state index < -0.39 is 21.3 Å². The number of allylic oxidation sites excluding steroid dienone is 4. The Morgan fingerprint density at radius 1 is 0.756 bits per heavy atom. The molecule has 0 heterocycles. The average molecular weight is 713 g/mol. The van der Waals surface area contributed by atoms with E-state index in [4.69, 9.17) is 0 Å². The van der Waals surface area contributed by atoms with Gasteiger partial charge in [-0.15, -0.1) is 0 Å². The van der Waals surface area contributed by atoms with Gasteiger partial charge < -0.3 is 24.8 Å². The fourth-order valence-corrected chi connectivity index (χ4v) is 16.4. The largest absolute Gasteiger partial charge is 1.00 e. The van der Waals surface area contributed by atoms with Crippen LogP contribution in [-0.2, 0) is 27.7 Å². The molecular formula is C42H46Cl2Zr. The number of hydrogen-bond donors (Lipinski definition) is 0. The van der Waals surface area contributed by atoms with Crippen molar-refractivity contribution >= 4 is 6.48 Å². The van der Waals surface area contributed by atoms with Gasteiger partial charge in [0.05, 0.1) is 0 Å². The Morgan fingerprint density at radius 3 is 1.87 bits per heavy atom. The van der Waals surface area contributed by atoms with Crippen LogP contribution in [-0.4, -0.2) is 3.21 Å². The summed E-state index contributed by atoms with van der Waals surface area (Å²) < 4.78 is 5.11. The van der Waals surface area contributed by atoms with Crippen molar-refractivity contribution in [1.29, 1.82) is 0 Å². The minimum atomic E-state index is -2.83. The van der Waals surface area contributed by atoms with E-state index in [-0.39, 0.29) is 30.2 Å². The number of rotatable bonds is 6. The number of hydrogen-bond acceptors (Lipinski definition) is 0. The minimum Gasteiger partial charge on any atom is -1.00 e. The Balaban J connectivity index is 0.00000230. The number of halogens is 2. The van der Waals surface area contributed by atoms with E-state index in [0.29, 0.717) is 5.92 Å². The third-order valence-corrected chi connectivity index (χ3v) is 18.0. The summed E-state index contributed by atoms with van der Waals surface area (Å²) in [5.41, 5.74) is 16.3. The van der Waals surface area contributed by atoms with Crippen LogP contribution in [0.4, 0.5) is 0 Å². The summed E-state index contributed by atoms with van der Waals surface area (Å²) in [6, 6.07) is 30.2. The van der Waals surface area contributed by atoms with E-state index in [9.17, 15) is 0 Å². The topological polar surface area (TPSA) is 0 Å². The monoisotopic (exact) mass is 710 g/mol. The standard InChI is InChI=1S/C17H17.C13H10.C12H19.2ClH.Zr/c1-10-5-14-9-15-6-11(2)13(4)8-17(15)16(14)7-12(10)3;1-3-7-12(8-4-1)11-13-9-5-2-6-10-13;1-5-6-10-7-8-11(9-10)12(2,3)4;;;/h5,7-8H,9H2,1-4H3;1-10H;8-10H,5-6H2,1-4H3;2*1H;/q;;;;;+2/p-2. The molecule has 0 fully saturated rings. The molecule has 0 spiro atoms. The molecule has 0 radical (unpaired) electrons. The second-order valence-corrected chi connectivity index (χ2v) is 19.6. The van der Waals surface area contributed by atoms with Gasteiger partial charge in [0.25, 0.3) is 0 Å². The molecule has 0 N–H and O–H groups in total. The second kappa shape index (κ2) is 14.2. The molecule has 0 nitrogen and oxygen atoms in total. The van der Waals surface area contributed by atoms with Crippen molar-refractivity contribution in [3.63, 3.8) is 0 Å². The van der Waals surface area contributed by atoms with E-state index in [1.54, 1.807) is 15.3 Å². The molecule has 1 atom stereocenters. The first-order valence-electron chi connectivity index (χ1n) is 16.1. The number of fused-ring (bicyclic) bond motifs is 3. The van der Waals surface area contributed by atoms with Crippen LogP contribution < -0.4 is 28.1 Å². The maximum absolute atomic E-state index is 2.83. The molecule has 4 aromatic rings. The number of benzene rings is 4. The van der Waals surface area contributed by atoms with Crippen LogP contribution in [0.15, 0.2) is 99.9 Å². The Labute approximate surface area is 292 Å². The summed E-state index contributed by atoms with van der Waals surface area (Å²) >= 11 is -2.83. The molecule has 0 amide bonds. The average Bonchev–Trinajstić information content (AvgIpc) is 3.56. The molecule has 1 unspecified atom stereocenters. The van der Waals surface area contributed by atoms with Gasteiger partial charge in [-0.1, -0.05) is 0 Å². The zero-order chi connectivity index (χ0) is 30.5. The van der Waals surface area contributed by atoms with E-state index in [0.717, 1.165) is 6.42 Å². The summed E-state index contributed by atoms with van der Waals surface area (Å²) in [7, 11) is 0. The molecule has 3 heteroatoms. The summed E-state index contributed by atoms with van der Waals surface area (Å²) in [6.45, 7) is 18.9. The maximum atomic E-state index is 2.69. The molecule has 0 saturated carbocycles. The minimum absolute atomic E-state index is 0. The molecular weight excluding hydrogens is 667 g/mol. The van der Waals surface area contributed by atoms with Gasteiger partial charge in [-0.2, -0.15) is 0 Å². The van der Waals surface area contributed by atoms with Gasteiger partial charge in [0.2, 0.25) is 0 Å². The zero-order valence-electron chi connectivity index (χ0n) is 28.1. The summed E-state index contributed by atoms with van der Waals surface area (Å²) in [4.78, 5) is 0. The van der Waals surface area contributed by atoms with Gasteiger partial charge in [-0.25, -0.2) is 0 Å². The molecule has 232 valence electrons. The quantitative estimate of drug-likeness (QED) is 0.247. The van der Waals surface area contributed by atoms with Crippen molar-refractivity contribution in [2.75, 3.05) is 0 Å². The summed E-state index contributed by atoms with van der Waals surface area (Å²) in [5, 5.41) is 0. The first-order chi connectivity index (χ1) is 20.6. The van der Waals surface area contributed by atoms with Gasteiger partial charge in [0.15, 0.2) is 0 Å². The maximum Gasteiger partial charge on any atom is -1.00 e. The molecule has 0 saturated heterocycles. The third kappa shape index (κ3) is 6.74. The molecule has 4 aromatic carbocycles. The van der Waals surface area contributed by atoms with Crippen LogP contribution in [0.5, 0.6) is 0 Å². The van der Waals surface area contributed by atoms with E-state index in [1.165, 1.54) is 68.5 Å². The molecule has 2 aliphatic rings.